The normalized spacial score (nSPS) is 10.4. The molecule has 7 nitrogen and oxygen atoms in total. The maximum absolute atomic E-state index is 12.0. The van der Waals surface area contributed by atoms with E-state index in [1.807, 2.05) is 12.3 Å². The highest BCUT2D eigenvalue weighted by Gasteiger charge is 2.18. The fraction of sp³-hybridized carbons (Fsp3) is 0.286. The molecule has 1 aromatic carbocycles. The van der Waals surface area contributed by atoms with Crippen LogP contribution in [-0.4, -0.2) is 28.7 Å². The second-order valence-corrected chi connectivity index (χ2v) is 6.77. The number of thiazole rings is 1. The second-order valence-electron chi connectivity index (χ2n) is 4.69. The fourth-order valence-electron chi connectivity index (χ4n) is 1.83. The third-order valence-corrected chi connectivity index (χ3v) is 5.06. The van der Waals surface area contributed by atoms with Crippen molar-refractivity contribution in [1.82, 2.24) is 4.98 Å². The highest BCUT2D eigenvalue weighted by molar-refractivity contribution is 8.01. The SMILES string of the molecule is COc1cc(NC(=O)CSc2nc(C)cs2)c(C)cc1[N+](=O)[O-]. The lowest BCUT2D eigenvalue weighted by Crippen LogP contribution is -2.15. The van der Waals surface area contributed by atoms with Crippen LogP contribution in [-0.2, 0) is 4.79 Å². The summed E-state index contributed by atoms with van der Waals surface area (Å²) in [6.07, 6.45) is 0. The van der Waals surface area contributed by atoms with Crippen molar-refractivity contribution in [3.8, 4) is 5.75 Å². The molecule has 2 rings (SSSR count). The number of rotatable bonds is 6. The first kappa shape index (κ1) is 17.2. The van der Waals surface area contributed by atoms with E-state index in [-0.39, 0.29) is 23.1 Å². The molecule has 0 unspecified atom stereocenters. The van der Waals surface area contributed by atoms with E-state index < -0.39 is 4.92 Å². The van der Waals surface area contributed by atoms with Crippen LogP contribution < -0.4 is 10.1 Å². The molecular formula is C14H15N3O4S2. The van der Waals surface area contributed by atoms with E-state index >= 15 is 0 Å². The van der Waals surface area contributed by atoms with Crippen LogP contribution in [0.2, 0.25) is 0 Å². The summed E-state index contributed by atoms with van der Waals surface area (Å²) >= 11 is 2.84. The van der Waals surface area contributed by atoms with Crippen molar-refractivity contribution >= 4 is 40.4 Å². The van der Waals surface area contributed by atoms with Gasteiger partial charge >= 0.3 is 5.69 Å². The number of benzene rings is 1. The molecule has 0 saturated carbocycles. The number of thioether (sulfide) groups is 1. The quantitative estimate of drug-likeness (QED) is 0.486. The predicted octanol–water partition coefficient (Wildman–Crippen LogP) is 3.41. The fourth-order valence-corrected chi connectivity index (χ4v) is 3.48. The standard InChI is InChI=1S/C14H15N3O4S2/c1-8-4-11(17(19)20)12(21-3)5-10(8)16-13(18)7-23-14-15-9(2)6-22-14/h4-6H,7H2,1-3H3,(H,16,18). The molecule has 0 saturated heterocycles. The molecule has 1 amide bonds. The maximum atomic E-state index is 12.0. The van der Waals surface area contributed by atoms with Crippen LogP contribution in [0.5, 0.6) is 5.75 Å². The summed E-state index contributed by atoms with van der Waals surface area (Å²) in [5.41, 5.74) is 1.89. The number of methoxy groups -OCH3 is 1. The molecule has 0 spiro atoms. The van der Waals surface area contributed by atoms with Crippen molar-refractivity contribution in [2.24, 2.45) is 0 Å². The summed E-state index contributed by atoms with van der Waals surface area (Å²) < 4.78 is 5.84. The minimum absolute atomic E-state index is 0.110. The zero-order valence-corrected chi connectivity index (χ0v) is 14.4. The van der Waals surface area contributed by atoms with Gasteiger partial charge in [0.15, 0.2) is 10.1 Å². The van der Waals surface area contributed by atoms with E-state index in [2.05, 4.69) is 10.3 Å². The van der Waals surface area contributed by atoms with Crippen molar-refractivity contribution in [2.45, 2.75) is 18.2 Å². The van der Waals surface area contributed by atoms with Crippen molar-refractivity contribution in [3.63, 3.8) is 0 Å². The average molecular weight is 353 g/mol. The Morgan fingerprint density at radius 1 is 1.48 bits per heavy atom. The molecule has 9 heteroatoms. The lowest BCUT2D eigenvalue weighted by molar-refractivity contribution is -0.385. The van der Waals surface area contributed by atoms with Gasteiger partial charge in [0.25, 0.3) is 0 Å². The molecule has 0 bridgehead atoms. The van der Waals surface area contributed by atoms with Gasteiger partial charge in [0.05, 0.1) is 17.8 Å². The van der Waals surface area contributed by atoms with Gasteiger partial charge in [-0.25, -0.2) is 4.98 Å². The van der Waals surface area contributed by atoms with Crippen molar-refractivity contribution in [2.75, 3.05) is 18.2 Å². The molecule has 0 atom stereocenters. The Bertz CT molecular complexity index is 746. The van der Waals surface area contributed by atoms with Crippen LogP contribution in [0.3, 0.4) is 0 Å². The number of nitrogens with one attached hydrogen (secondary N) is 1. The highest BCUT2D eigenvalue weighted by atomic mass is 32.2. The first-order valence-electron chi connectivity index (χ1n) is 6.58. The maximum Gasteiger partial charge on any atom is 0.311 e. The molecule has 1 heterocycles. The Balaban J connectivity index is 2.06. The van der Waals surface area contributed by atoms with Gasteiger partial charge in [-0.1, -0.05) is 11.8 Å². The van der Waals surface area contributed by atoms with Crippen LogP contribution in [0.4, 0.5) is 11.4 Å². The van der Waals surface area contributed by atoms with Crippen molar-refractivity contribution in [1.29, 1.82) is 0 Å². The second kappa shape index (κ2) is 7.42. The number of nitro benzene ring substituents is 1. The molecule has 0 aliphatic rings. The Labute approximate surface area is 141 Å². The van der Waals surface area contributed by atoms with Gasteiger partial charge in [-0.3, -0.25) is 14.9 Å². The highest BCUT2D eigenvalue weighted by Crippen LogP contribution is 2.33. The predicted molar refractivity (Wildman–Crippen MR) is 90.6 cm³/mol. The lowest BCUT2D eigenvalue weighted by atomic mass is 10.1. The number of aryl methyl sites for hydroxylation is 2. The number of carbonyl (C=O) groups excluding carboxylic acids is 1. The van der Waals surface area contributed by atoms with Crippen LogP contribution in [0.1, 0.15) is 11.3 Å². The molecule has 0 aliphatic heterocycles. The van der Waals surface area contributed by atoms with Gasteiger partial charge < -0.3 is 10.1 Å². The first-order chi connectivity index (χ1) is 10.9. The zero-order valence-electron chi connectivity index (χ0n) is 12.8. The number of hydrogen-bond donors (Lipinski definition) is 1. The van der Waals surface area contributed by atoms with E-state index in [1.165, 1.54) is 42.3 Å². The summed E-state index contributed by atoms with van der Waals surface area (Å²) in [7, 11) is 1.35. The summed E-state index contributed by atoms with van der Waals surface area (Å²) in [5, 5.41) is 15.6. The Morgan fingerprint density at radius 3 is 2.78 bits per heavy atom. The number of nitro groups is 1. The first-order valence-corrected chi connectivity index (χ1v) is 8.45. The van der Waals surface area contributed by atoms with Gasteiger partial charge in [0.1, 0.15) is 0 Å². The van der Waals surface area contributed by atoms with Gasteiger partial charge in [-0.15, -0.1) is 11.3 Å². The number of amides is 1. The average Bonchev–Trinajstić information content (AvgIpc) is 2.92. The summed E-state index contributed by atoms with van der Waals surface area (Å²) in [5.74, 6) is 0.118. The van der Waals surface area contributed by atoms with Crippen molar-refractivity contribution < 1.29 is 14.5 Å². The number of nitrogens with zero attached hydrogens (tertiary/aromatic N) is 2. The Morgan fingerprint density at radius 2 is 2.22 bits per heavy atom. The van der Waals surface area contributed by atoms with E-state index in [0.717, 1.165) is 10.0 Å². The van der Waals surface area contributed by atoms with Gasteiger partial charge in [-0.2, -0.15) is 0 Å². The Hall–Kier alpha value is -2.13. The molecule has 0 aliphatic carbocycles. The van der Waals surface area contributed by atoms with Gasteiger partial charge in [-0.05, 0) is 19.4 Å². The minimum Gasteiger partial charge on any atom is -0.490 e. The third-order valence-electron chi connectivity index (χ3n) is 2.92. The van der Waals surface area contributed by atoms with Crippen LogP contribution in [0.25, 0.3) is 0 Å². The summed E-state index contributed by atoms with van der Waals surface area (Å²) in [6, 6.07) is 2.84. The molecule has 1 aromatic heterocycles. The molecule has 23 heavy (non-hydrogen) atoms. The van der Waals surface area contributed by atoms with E-state index in [9.17, 15) is 14.9 Å². The Kier molecular flexibility index (Phi) is 5.56. The number of carbonyl (C=O) groups is 1. The summed E-state index contributed by atoms with van der Waals surface area (Å²) in [4.78, 5) is 26.7. The number of hydrogen-bond acceptors (Lipinski definition) is 7. The number of anilines is 1. The molecule has 122 valence electrons. The number of ether oxygens (including phenoxy) is 1. The molecular weight excluding hydrogens is 338 g/mol. The lowest BCUT2D eigenvalue weighted by Gasteiger charge is -2.10. The molecule has 1 N–H and O–H groups in total. The van der Waals surface area contributed by atoms with Gasteiger partial charge in [0, 0.05) is 28.9 Å². The molecule has 2 aromatic rings. The monoisotopic (exact) mass is 353 g/mol. The molecule has 0 radical (unpaired) electrons. The van der Waals surface area contributed by atoms with Crippen LogP contribution in [0.15, 0.2) is 21.9 Å². The largest absolute Gasteiger partial charge is 0.490 e. The topological polar surface area (TPSA) is 94.4 Å². The van der Waals surface area contributed by atoms with Crippen LogP contribution in [0, 0.1) is 24.0 Å². The molecule has 0 fully saturated rings. The smallest absolute Gasteiger partial charge is 0.311 e. The van der Waals surface area contributed by atoms with E-state index in [1.54, 1.807) is 6.92 Å². The van der Waals surface area contributed by atoms with E-state index in [0.29, 0.717) is 11.3 Å². The summed E-state index contributed by atoms with van der Waals surface area (Å²) in [6.45, 7) is 3.59. The van der Waals surface area contributed by atoms with E-state index in [4.69, 9.17) is 4.74 Å². The zero-order chi connectivity index (χ0) is 17.0. The third kappa shape index (κ3) is 4.42. The van der Waals surface area contributed by atoms with Crippen molar-refractivity contribution in [3.05, 3.63) is 38.9 Å². The van der Waals surface area contributed by atoms with Crippen LogP contribution >= 0.6 is 23.1 Å². The number of aromatic nitrogens is 1. The minimum atomic E-state index is -0.516. The van der Waals surface area contributed by atoms with Gasteiger partial charge in [0.2, 0.25) is 5.91 Å².